The molecule has 0 aliphatic carbocycles. The maximum Gasteiger partial charge on any atom is 0.312 e. The molecule has 0 amide bonds. The van der Waals surface area contributed by atoms with Gasteiger partial charge in [0, 0.05) is 6.54 Å². The van der Waals surface area contributed by atoms with Crippen molar-refractivity contribution in [1.29, 1.82) is 0 Å². The molecule has 0 aliphatic rings. The van der Waals surface area contributed by atoms with Crippen molar-refractivity contribution in [2.45, 2.75) is 47.1 Å². The van der Waals surface area contributed by atoms with Crippen LogP contribution in [0.15, 0.2) is 0 Å². The number of ether oxygens (including phenoxy) is 1. The Balaban J connectivity index is 4.37. The minimum atomic E-state index is -0.381. The second-order valence-electron chi connectivity index (χ2n) is 5.42. The van der Waals surface area contributed by atoms with Gasteiger partial charge in [-0.25, -0.2) is 9.78 Å². The smallest absolute Gasteiger partial charge is 0.312 e. The third-order valence-electron chi connectivity index (χ3n) is 2.57. The highest BCUT2D eigenvalue weighted by Crippen LogP contribution is 2.11. The van der Waals surface area contributed by atoms with Crippen LogP contribution in [-0.2, 0) is 19.3 Å². The molecule has 0 aromatic carbocycles. The number of rotatable bonds is 9. The molecule has 0 aliphatic heterocycles. The molecule has 19 heavy (non-hydrogen) atoms. The lowest BCUT2D eigenvalue weighted by molar-refractivity contribution is -0.353. The Hall–Kier alpha value is -0.650. The number of hydrogen-bond donors (Lipinski definition) is 0. The van der Waals surface area contributed by atoms with Crippen molar-refractivity contribution < 1.29 is 19.3 Å². The topological polar surface area (TPSA) is 48.0 Å². The lowest BCUT2D eigenvalue weighted by Gasteiger charge is -2.25. The molecule has 1 unspecified atom stereocenters. The van der Waals surface area contributed by atoms with Gasteiger partial charge in [-0.2, -0.15) is 0 Å². The highest BCUT2D eigenvalue weighted by atomic mass is 17.2. The fourth-order valence-electron chi connectivity index (χ4n) is 1.54. The van der Waals surface area contributed by atoms with E-state index < -0.39 is 0 Å². The van der Waals surface area contributed by atoms with Crippen LogP contribution >= 0.6 is 0 Å². The molecule has 0 aromatic heterocycles. The summed E-state index contributed by atoms with van der Waals surface area (Å²) < 4.78 is 5.08. The lowest BCUT2D eigenvalue weighted by Crippen LogP contribution is -2.37. The van der Waals surface area contributed by atoms with Gasteiger partial charge in [0.1, 0.15) is 0 Å². The Labute approximate surface area is 117 Å². The zero-order chi connectivity index (χ0) is 14.9. The SMILES string of the molecule is CCOC(=O)C(COOC(C)(C)C)CN(CC)CC. The Morgan fingerprint density at radius 1 is 1.16 bits per heavy atom. The maximum absolute atomic E-state index is 11.9. The Morgan fingerprint density at radius 3 is 2.16 bits per heavy atom. The molecule has 114 valence electrons. The standard InChI is InChI=1S/C14H29NO4/c1-7-15(8-2)10-12(13(16)17-9-3)11-18-19-14(4,5)6/h12H,7-11H2,1-6H3. The first-order chi connectivity index (χ1) is 8.84. The Morgan fingerprint density at radius 2 is 1.74 bits per heavy atom. The first-order valence-electron chi connectivity index (χ1n) is 7.03. The van der Waals surface area contributed by atoms with E-state index in [0.717, 1.165) is 13.1 Å². The summed E-state index contributed by atoms with van der Waals surface area (Å²) >= 11 is 0. The summed E-state index contributed by atoms with van der Waals surface area (Å²) in [6, 6.07) is 0. The van der Waals surface area contributed by atoms with Crippen molar-refractivity contribution in [3.8, 4) is 0 Å². The van der Waals surface area contributed by atoms with Crippen molar-refractivity contribution in [3.63, 3.8) is 0 Å². The number of carbonyl (C=O) groups excluding carboxylic acids is 1. The third kappa shape index (κ3) is 8.97. The highest BCUT2D eigenvalue weighted by molar-refractivity contribution is 5.72. The summed E-state index contributed by atoms with van der Waals surface area (Å²) in [6.45, 7) is 14.7. The van der Waals surface area contributed by atoms with Crippen LogP contribution < -0.4 is 0 Å². The van der Waals surface area contributed by atoms with E-state index in [9.17, 15) is 4.79 Å². The molecule has 5 heteroatoms. The first-order valence-corrected chi connectivity index (χ1v) is 7.03. The second-order valence-corrected chi connectivity index (χ2v) is 5.42. The van der Waals surface area contributed by atoms with Crippen LogP contribution in [0, 0.1) is 5.92 Å². The van der Waals surface area contributed by atoms with Crippen molar-refractivity contribution in [3.05, 3.63) is 0 Å². The van der Waals surface area contributed by atoms with E-state index in [-0.39, 0.29) is 24.1 Å². The zero-order valence-electron chi connectivity index (χ0n) is 13.2. The fraction of sp³-hybridized carbons (Fsp3) is 0.929. The molecule has 0 heterocycles. The first kappa shape index (κ1) is 18.4. The van der Waals surface area contributed by atoms with Gasteiger partial charge >= 0.3 is 5.97 Å². The average molecular weight is 275 g/mol. The summed E-state index contributed by atoms with van der Waals surface area (Å²) in [5.74, 6) is -0.547. The predicted molar refractivity (Wildman–Crippen MR) is 74.7 cm³/mol. The molecule has 0 radical (unpaired) electrons. The van der Waals surface area contributed by atoms with Gasteiger partial charge in [0.15, 0.2) is 0 Å². The molecule has 0 spiro atoms. The summed E-state index contributed by atoms with van der Waals surface area (Å²) in [5, 5.41) is 0. The van der Waals surface area contributed by atoms with Crippen LogP contribution in [0.1, 0.15) is 41.5 Å². The molecule has 0 aromatic rings. The van der Waals surface area contributed by atoms with Crippen LogP contribution in [0.3, 0.4) is 0 Å². The molecule has 0 fully saturated rings. The van der Waals surface area contributed by atoms with Gasteiger partial charge in [0.05, 0.1) is 24.7 Å². The Kier molecular flexibility index (Phi) is 8.97. The summed E-state index contributed by atoms with van der Waals surface area (Å²) in [4.78, 5) is 24.5. The largest absolute Gasteiger partial charge is 0.466 e. The van der Waals surface area contributed by atoms with Crippen molar-refractivity contribution in [1.82, 2.24) is 4.90 Å². The van der Waals surface area contributed by atoms with Crippen LogP contribution in [-0.4, -0.2) is 49.3 Å². The number of esters is 1. The summed E-state index contributed by atoms with van der Waals surface area (Å²) in [6.07, 6.45) is 0. The van der Waals surface area contributed by atoms with Crippen LogP contribution in [0.25, 0.3) is 0 Å². The summed E-state index contributed by atoms with van der Waals surface area (Å²) in [5.41, 5.74) is -0.381. The van der Waals surface area contributed by atoms with Crippen molar-refractivity contribution in [2.24, 2.45) is 5.92 Å². The van der Waals surface area contributed by atoms with Crippen molar-refractivity contribution >= 4 is 5.97 Å². The minimum Gasteiger partial charge on any atom is -0.466 e. The maximum atomic E-state index is 11.9. The van der Waals surface area contributed by atoms with Crippen LogP contribution in [0.2, 0.25) is 0 Å². The van der Waals surface area contributed by atoms with E-state index >= 15 is 0 Å². The minimum absolute atomic E-state index is 0.215. The van der Waals surface area contributed by atoms with Gasteiger partial charge in [-0.15, -0.1) is 0 Å². The van der Waals surface area contributed by atoms with Crippen LogP contribution in [0.4, 0.5) is 0 Å². The molecular weight excluding hydrogens is 246 g/mol. The van der Waals surface area contributed by atoms with Crippen molar-refractivity contribution in [2.75, 3.05) is 32.8 Å². The van der Waals surface area contributed by atoms with Gasteiger partial charge in [0.25, 0.3) is 0 Å². The third-order valence-corrected chi connectivity index (χ3v) is 2.57. The quantitative estimate of drug-likeness (QED) is 0.367. The molecule has 0 rings (SSSR count). The van der Waals surface area contributed by atoms with E-state index in [2.05, 4.69) is 18.7 Å². The number of nitrogens with zero attached hydrogens (tertiary/aromatic N) is 1. The molecule has 0 saturated heterocycles. The second kappa shape index (κ2) is 9.28. The normalized spacial score (nSPS) is 13.6. The average Bonchev–Trinajstić information content (AvgIpc) is 2.32. The molecule has 5 nitrogen and oxygen atoms in total. The van der Waals surface area contributed by atoms with Gasteiger partial charge in [-0.05, 0) is 40.8 Å². The van der Waals surface area contributed by atoms with E-state index in [1.54, 1.807) is 6.92 Å². The predicted octanol–water partition coefficient (Wildman–Crippen LogP) is 2.25. The van der Waals surface area contributed by atoms with Gasteiger partial charge < -0.3 is 9.64 Å². The Bertz CT molecular complexity index is 246. The number of carbonyl (C=O) groups is 1. The fourth-order valence-corrected chi connectivity index (χ4v) is 1.54. The van der Waals surface area contributed by atoms with E-state index in [1.165, 1.54) is 0 Å². The molecule has 0 saturated carbocycles. The monoisotopic (exact) mass is 275 g/mol. The highest BCUT2D eigenvalue weighted by Gasteiger charge is 2.24. The molecular formula is C14H29NO4. The van der Waals surface area contributed by atoms with E-state index in [0.29, 0.717) is 13.2 Å². The number of hydrogen-bond acceptors (Lipinski definition) is 5. The molecule has 0 bridgehead atoms. The lowest BCUT2D eigenvalue weighted by atomic mass is 10.1. The molecule has 1 atom stereocenters. The van der Waals surface area contributed by atoms with Gasteiger partial charge in [-0.3, -0.25) is 4.79 Å². The van der Waals surface area contributed by atoms with Gasteiger partial charge in [-0.1, -0.05) is 13.8 Å². The van der Waals surface area contributed by atoms with Gasteiger partial charge in [0.2, 0.25) is 0 Å². The molecule has 0 N–H and O–H groups in total. The zero-order valence-corrected chi connectivity index (χ0v) is 13.2. The van der Waals surface area contributed by atoms with E-state index in [4.69, 9.17) is 14.5 Å². The van der Waals surface area contributed by atoms with E-state index in [1.807, 2.05) is 20.8 Å². The van der Waals surface area contributed by atoms with Crippen LogP contribution in [0.5, 0.6) is 0 Å². The summed E-state index contributed by atoms with van der Waals surface area (Å²) in [7, 11) is 0.